The highest BCUT2D eigenvalue weighted by atomic mass is 16.5. The average molecular weight is 388 g/mol. The van der Waals surface area contributed by atoms with E-state index in [1.807, 2.05) is 6.07 Å². The van der Waals surface area contributed by atoms with Crippen LogP contribution in [-0.4, -0.2) is 53.5 Å². The molecule has 2 atom stereocenters. The van der Waals surface area contributed by atoms with E-state index in [-0.39, 0.29) is 23.8 Å². The zero-order chi connectivity index (χ0) is 20.1. The number of carbonyl (C=O) groups excluding carboxylic acids is 3. The Morgan fingerprint density at radius 3 is 2.43 bits per heavy atom. The summed E-state index contributed by atoms with van der Waals surface area (Å²) in [7, 11) is 1.35. The molecule has 1 aliphatic heterocycles. The van der Waals surface area contributed by atoms with Gasteiger partial charge in [0.2, 0.25) is 5.91 Å². The van der Waals surface area contributed by atoms with Crippen LogP contribution in [0.15, 0.2) is 30.3 Å². The van der Waals surface area contributed by atoms with Crippen LogP contribution < -0.4 is 5.32 Å². The minimum atomic E-state index is -1.19. The normalized spacial score (nSPS) is 25.8. The summed E-state index contributed by atoms with van der Waals surface area (Å²) >= 11 is 0. The van der Waals surface area contributed by atoms with Crippen molar-refractivity contribution in [2.45, 2.75) is 56.7 Å². The second kappa shape index (κ2) is 9.19. The molecule has 2 aliphatic rings. The van der Waals surface area contributed by atoms with E-state index >= 15 is 0 Å². The first kappa shape index (κ1) is 20.3. The molecule has 0 aromatic heterocycles. The molecule has 3 rings (SSSR count). The Bertz CT molecular complexity index is 700. The first-order valence-corrected chi connectivity index (χ1v) is 9.93. The fourth-order valence-electron chi connectivity index (χ4n) is 4.20. The van der Waals surface area contributed by atoms with Gasteiger partial charge in [-0.1, -0.05) is 30.3 Å². The Balaban J connectivity index is 1.49. The predicted molar refractivity (Wildman–Crippen MR) is 102 cm³/mol. The molecule has 1 heterocycles. The van der Waals surface area contributed by atoms with Crippen LogP contribution in [0.2, 0.25) is 0 Å². The molecule has 2 fully saturated rings. The van der Waals surface area contributed by atoms with Crippen molar-refractivity contribution in [2.75, 3.05) is 13.7 Å². The van der Waals surface area contributed by atoms with Crippen LogP contribution >= 0.6 is 0 Å². The van der Waals surface area contributed by atoms with Crippen molar-refractivity contribution >= 4 is 17.8 Å². The summed E-state index contributed by atoms with van der Waals surface area (Å²) in [6, 6.07) is 8.31. The Hall–Kier alpha value is -2.41. The number of carbonyl (C=O) groups is 3. The predicted octanol–water partition coefficient (Wildman–Crippen LogP) is 1.56. The lowest BCUT2D eigenvalue weighted by Gasteiger charge is -2.32. The number of nitrogens with one attached hydrogen (secondary N) is 1. The quantitative estimate of drug-likeness (QED) is 0.747. The lowest BCUT2D eigenvalue weighted by atomic mass is 9.85. The summed E-state index contributed by atoms with van der Waals surface area (Å²) in [6.07, 6.45) is 2.97. The van der Waals surface area contributed by atoms with E-state index in [1.54, 1.807) is 29.2 Å². The molecule has 1 aliphatic carbocycles. The number of methoxy groups -OCH3 is 1. The van der Waals surface area contributed by atoms with Gasteiger partial charge in [0.1, 0.15) is 6.04 Å². The van der Waals surface area contributed by atoms with Crippen LogP contribution in [0.5, 0.6) is 0 Å². The highest BCUT2D eigenvalue weighted by Crippen LogP contribution is 2.30. The number of likely N-dealkylation sites (tertiary alicyclic amines) is 1. The third-order valence-electron chi connectivity index (χ3n) is 5.80. The summed E-state index contributed by atoms with van der Waals surface area (Å²) < 4.78 is 4.82. The van der Waals surface area contributed by atoms with E-state index in [0.717, 1.165) is 6.42 Å². The summed E-state index contributed by atoms with van der Waals surface area (Å²) in [5.41, 5.74) is 0.562. The van der Waals surface area contributed by atoms with Gasteiger partial charge in [0, 0.05) is 18.5 Å². The monoisotopic (exact) mass is 388 g/mol. The van der Waals surface area contributed by atoms with Crippen LogP contribution in [0.1, 0.15) is 50.2 Å². The number of aliphatic hydroxyl groups is 1. The Morgan fingerprint density at radius 2 is 1.79 bits per heavy atom. The highest BCUT2D eigenvalue weighted by molar-refractivity contribution is 5.86. The van der Waals surface area contributed by atoms with Gasteiger partial charge in [-0.3, -0.25) is 9.59 Å². The zero-order valence-corrected chi connectivity index (χ0v) is 16.2. The van der Waals surface area contributed by atoms with Crippen molar-refractivity contribution in [1.29, 1.82) is 0 Å². The number of rotatable bonds is 5. The summed E-state index contributed by atoms with van der Waals surface area (Å²) in [4.78, 5) is 38.7. The summed E-state index contributed by atoms with van der Waals surface area (Å²) in [5, 5.41) is 13.1. The topological polar surface area (TPSA) is 95.9 Å². The van der Waals surface area contributed by atoms with E-state index in [4.69, 9.17) is 4.74 Å². The number of ether oxygens (including phenoxy) is 1. The molecule has 0 bridgehead atoms. The number of amides is 2. The Morgan fingerprint density at radius 1 is 1.11 bits per heavy atom. The molecule has 0 spiro atoms. The number of hydrogen-bond acceptors (Lipinski definition) is 5. The maximum Gasteiger partial charge on any atom is 0.328 e. The largest absolute Gasteiger partial charge is 0.467 e. The van der Waals surface area contributed by atoms with E-state index in [9.17, 15) is 19.5 Å². The van der Waals surface area contributed by atoms with Gasteiger partial charge in [-0.05, 0) is 44.1 Å². The third kappa shape index (κ3) is 4.52. The van der Waals surface area contributed by atoms with Crippen molar-refractivity contribution < 1.29 is 24.2 Å². The van der Waals surface area contributed by atoms with Gasteiger partial charge in [0.05, 0.1) is 7.11 Å². The summed E-state index contributed by atoms with van der Waals surface area (Å²) in [5.74, 6) is -0.868. The van der Waals surface area contributed by atoms with Gasteiger partial charge in [0.25, 0.3) is 5.91 Å². The smallest absolute Gasteiger partial charge is 0.328 e. The van der Waals surface area contributed by atoms with E-state index in [2.05, 4.69) is 5.32 Å². The lowest BCUT2D eigenvalue weighted by Crippen LogP contribution is -2.46. The van der Waals surface area contributed by atoms with Crippen LogP contribution in [0.25, 0.3) is 0 Å². The number of benzene rings is 1. The lowest BCUT2D eigenvalue weighted by molar-refractivity contribution is -0.152. The van der Waals surface area contributed by atoms with E-state index < -0.39 is 18.1 Å². The molecule has 1 saturated carbocycles. The van der Waals surface area contributed by atoms with Gasteiger partial charge in [-0.25, -0.2) is 4.79 Å². The molecule has 152 valence electrons. The molecule has 1 aromatic rings. The standard InChI is InChI=1S/C21H28N2O5/c1-28-21(27)17-8-5-13-23(17)20(26)15-9-11-16(12-10-15)22-19(25)18(24)14-6-3-2-4-7-14/h2-4,6-7,15-18,24H,5,8-13H2,1H3,(H,22,25)/t15?,16?,17-,18-/m1/s1. The number of nitrogens with zero attached hydrogens (tertiary/aromatic N) is 1. The van der Waals surface area contributed by atoms with Crippen molar-refractivity contribution in [3.05, 3.63) is 35.9 Å². The van der Waals surface area contributed by atoms with Gasteiger partial charge in [-0.2, -0.15) is 0 Å². The SMILES string of the molecule is COC(=O)[C@H]1CCCN1C(=O)C1CCC(NC(=O)[C@H](O)c2ccccc2)CC1. The van der Waals surface area contributed by atoms with Gasteiger partial charge >= 0.3 is 5.97 Å². The zero-order valence-electron chi connectivity index (χ0n) is 16.2. The summed E-state index contributed by atoms with van der Waals surface area (Å²) in [6.45, 7) is 0.596. The maximum absolute atomic E-state index is 12.8. The van der Waals surface area contributed by atoms with Crippen LogP contribution in [0.3, 0.4) is 0 Å². The average Bonchev–Trinajstić information content (AvgIpc) is 3.23. The second-order valence-electron chi connectivity index (χ2n) is 7.58. The highest BCUT2D eigenvalue weighted by Gasteiger charge is 2.39. The second-order valence-corrected chi connectivity index (χ2v) is 7.58. The van der Waals surface area contributed by atoms with E-state index in [1.165, 1.54) is 7.11 Å². The molecular weight excluding hydrogens is 360 g/mol. The third-order valence-corrected chi connectivity index (χ3v) is 5.80. The molecule has 1 aromatic carbocycles. The first-order valence-electron chi connectivity index (χ1n) is 9.93. The van der Waals surface area contributed by atoms with Crippen LogP contribution in [0, 0.1) is 5.92 Å². The minimum Gasteiger partial charge on any atom is -0.467 e. The molecule has 2 N–H and O–H groups in total. The molecule has 7 nitrogen and oxygen atoms in total. The number of aliphatic hydroxyl groups excluding tert-OH is 1. The van der Waals surface area contributed by atoms with Crippen LogP contribution in [0.4, 0.5) is 0 Å². The maximum atomic E-state index is 12.8. The van der Waals surface area contributed by atoms with Crippen LogP contribution in [-0.2, 0) is 19.1 Å². The van der Waals surface area contributed by atoms with Crippen molar-refractivity contribution in [2.24, 2.45) is 5.92 Å². The molecule has 2 amide bonds. The molecule has 1 saturated heterocycles. The van der Waals surface area contributed by atoms with Crippen molar-refractivity contribution in [3.63, 3.8) is 0 Å². The molecule has 7 heteroatoms. The van der Waals surface area contributed by atoms with Gasteiger partial charge < -0.3 is 20.1 Å². The molecule has 0 radical (unpaired) electrons. The molecule has 0 unspecified atom stereocenters. The Labute approximate surface area is 165 Å². The fraction of sp³-hybridized carbons (Fsp3) is 0.571. The van der Waals surface area contributed by atoms with Crippen molar-refractivity contribution in [1.82, 2.24) is 10.2 Å². The Kier molecular flexibility index (Phi) is 6.67. The van der Waals surface area contributed by atoms with E-state index in [0.29, 0.717) is 44.2 Å². The molecule has 28 heavy (non-hydrogen) atoms. The van der Waals surface area contributed by atoms with Gasteiger partial charge in [-0.15, -0.1) is 0 Å². The fourth-order valence-corrected chi connectivity index (χ4v) is 4.20. The minimum absolute atomic E-state index is 0.0157. The number of esters is 1. The number of hydrogen-bond donors (Lipinski definition) is 2. The molecular formula is C21H28N2O5. The van der Waals surface area contributed by atoms with Crippen molar-refractivity contribution in [3.8, 4) is 0 Å². The van der Waals surface area contributed by atoms with Gasteiger partial charge in [0.15, 0.2) is 6.10 Å². The first-order chi connectivity index (χ1) is 13.5.